The number of hydrogen-bond donors (Lipinski definition) is 1. The summed E-state index contributed by atoms with van der Waals surface area (Å²) >= 11 is 3.52. The number of hydrogen-bond acceptors (Lipinski definition) is 2. The predicted octanol–water partition coefficient (Wildman–Crippen LogP) is 2.22. The van der Waals surface area contributed by atoms with E-state index in [1.54, 1.807) is 0 Å². The Hall–Kier alpha value is -0.410. The van der Waals surface area contributed by atoms with Crippen molar-refractivity contribution in [3.63, 3.8) is 0 Å². The van der Waals surface area contributed by atoms with Gasteiger partial charge in [0.1, 0.15) is 0 Å². The van der Waals surface area contributed by atoms with Crippen molar-refractivity contribution in [3.05, 3.63) is 27.5 Å². The molecule has 0 saturated heterocycles. The Morgan fingerprint density at radius 3 is 2.92 bits per heavy atom. The molecular formula is C10H12BrNO. The van der Waals surface area contributed by atoms with Gasteiger partial charge in [-0.15, -0.1) is 0 Å². The molecule has 13 heavy (non-hydrogen) atoms. The number of rotatable bonds is 1. The first-order chi connectivity index (χ1) is 6.31. The van der Waals surface area contributed by atoms with Crippen LogP contribution in [0.1, 0.15) is 29.8 Å². The molecule has 70 valence electrons. The zero-order valence-electron chi connectivity index (χ0n) is 7.39. The summed E-state index contributed by atoms with van der Waals surface area (Å²) in [4.78, 5) is 4.41. The van der Waals surface area contributed by atoms with Gasteiger partial charge in [0.25, 0.3) is 0 Å². The van der Waals surface area contributed by atoms with Gasteiger partial charge in [-0.3, -0.25) is 4.98 Å². The molecule has 0 saturated carbocycles. The third kappa shape index (κ3) is 1.76. The summed E-state index contributed by atoms with van der Waals surface area (Å²) in [6, 6.07) is 1.92. The summed E-state index contributed by atoms with van der Waals surface area (Å²) in [5, 5.41) is 8.98. The van der Waals surface area contributed by atoms with Crippen LogP contribution in [0.25, 0.3) is 0 Å². The van der Waals surface area contributed by atoms with Crippen molar-refractivity contribution in [2.24, 2.45) is 0 Å². The maximum Gasteiger partial charge on any atom is 0.0853 e. The Morgan fingerprint density at radius 1 is 1.38 bits per heavy atom. The first kappa shape index (κ1) is 9.16. The van der Waals surface area contributed by atoms with Gasteiger partial charge in [-0.05, 0) is 37.3 Å². The molecule has 0 spiro atoms. The molecule has 0 unspecified atom stereocenters. The first-order valence-electron chi connectivity index (χ1n) is 4.59. The SMILES string of the molecule is OCc1cc(Br)c2c(n1)CCCC2. The average Bonchev–Trinajstić information content (AvgIpc) is 2.18. The van der Waals surface area contributed by atoms with E-state index in [0.717, 1.165) is 23.0 Å². The number of nitrogens with zero attached hydrogens (tertiary/aromatic N) is 1. The van der Waals surface area contributed by atoms with Crippen molar-refractivity contribution in [2.75, 3.05) is 0 Å². The van der Waals surface area contributed by atoms with Crippen molar-refractivity contribution in [1.82, 2.24) is 4.98 Å². The lowest BCUT2D eigenvalue weighted by Gasteiger charge is -2.16. The van der Waals surface area contributed by atoms with Gasteiger partial charge in [0.15, 0.2) is 0 Å². The van der Waals surface area contributed by atoms with E-state index in [0.29, 0.717) is 0 Å². The standard InChI is InChI=1S/C10H12BrNO/c11-9-5-7(6-13)12-10-4-2-1-3-8(9)10/h5,13H,1-4,6H2. The largest absolute Gasteiger partial charge is 0.390 e. The summed E-state index contributed by atoms with van der Waals surface area (Å²) < 4.78 is 1.11. The predicted molar refractivity (Wildman–Crippen MR) is 54.5 cm³/mol. The molecule has 1 aliphatic rings. The molecule has 2 nitrogen and oxygen atoms in total. The topological polar surface area (TPSA) is 33.1 Å². The van der Waals surface area contributed by atoms with Gasteiger partial charge in [0, 0.05) is 10.2 Å². The summed E-state index contributed by atoms with van der Waals surface area (Å²) in [5.74, 6) is 0. The Morgan fingerprint density at radius 2 is 2.15 bits per heavy atom. The van der Waals surface area contributed by atoms with Crippen molar-refractivity contribution in [1.29, 1.82) is 0 Å². The van der Waals surface area contributed by atoms with Crippen LogP contribution >= 0.6 is 15.9 Å². The van der Waals surface area contributed by atoms with Crippen molar-refractivity contribution >= 4 is 15.9 Å². The molecule has 0 atom stereocenters. The lowest BCUT2D eigenvalue weighted by atomic mass is 9.96. The third-order valence-corrected chi connectivity index (χ3v) is 3.17. The highest BCUT2D eigenvalue weighted by Crippen LogP contribution is 2.27. The maximum absolute atomic E-state index is 8.98. The third-order valence-electron chi connectivity index (χ3n) is 2.46. The van der Waals surface area contributed by atoms with Gasteiger partial charge in [0.2, 0.25) is 0 Å². The second-order valence-corrected chi connectivity index (χ2v) is 4.24. The zero-order chi connectivity index (χ0) is 9.26. The Bertz CT molecular complexity index is 325. The first-order valence-corrected chi connectivity index (χ1v) is 5.38. The normalized spacial score (nSPS) is 15.5. The zero-order valence-corrected chi connectivity index (χ0v) is 8.97. The molecule has 0 radical (unpaired) electrons. The number of halogens is 1. The summed E-state index contributed by atoms with van der Waals surface area (Å²) in [6.07, 6.45) is 4.66. The molecule has 0 aromatic carbocycles. The van der Waals surface area contributed by atoms with Crippen LogP contribution in [0.15, 0.2) is 10.5 Å². The second-order valence-electron chi connectivity index (χ2n) is 3.39. The van der Waals surface area contributed by atoms with E-state index >= 15 is 0 Å². The Balaban J connectivity index is 2.47. The van der Waals surface area contributed by atoms with Gasteiger partial charge < -0.3 is 5.11 Å². The van der Waals surface area contributed by atoms with Crippen LogP contribution in [0.3, 0.4) is 0 Å². The van der Waals surface area contributed by atoms with Crippen molar-refractivity contribution in [2.45, 2.75) is 32.3 Å². The van der Waals surface area contributed by atoms with Crippen LogP contribution in [-0.4, -0.2) is 10.1 Å². The van der Waals surface area contributed by atoms with Gasteiger partial charge in [0.05, 0.1) is 12.3 Å². The smallest absolute Gasteiger partial charge is 0.0853 e. The number of aliphatic hydroxyl groups excluding tert-OH is 1. The fourth-order valence-electron chi connectivity index (χ4n) is 1.79. The second kappa shape index (κ2) is 3.76. The summed E-state index contributed by atoms with van der Waals surface area (Å²) in [6.45, 7) is 0.0336. The monoisotopic (exact) mass is 241 g/mol. The molecule has 0 bridgehead atoms. The summed E-state index contributed by atoms with van der Waals surface area (Å²) in [7, 11) is 0. The van der Waals surface area contributed by atoms with Crippen LogP contribution in [0.4, 0.5) is 0 Å². The van der Waals surface area contributed by atoms with E-state index < -0.39 is 0 Å². The molecule has 1 aromatic rings. The quantitative estimate of drug-likeness (QED) is 0.819. The van der Waals surface area contributed by atoms with Crippen LogP contribution in [0.2, 0.25) is 0 Å². The Labute approximate surface area is 86.1 Å². The molecule has 2 rings (SSSR count). The lowest BCUT2D eigenvalue weighted by molar-refractivity contribution is 0.276. The minimum atomic E-state index is 0.0336. The minimum absolute atomic E-state index is 0.0336. The average molecular weight is 242 g/mol. The van der Waals surface area contributed by atoms with E-state index in [1.165, 1.54) is 24.1 Å². The van der Waals surface area contributed by atoms with Gasteiger partial charge in [-0.2, -0.15) is 0 Å². The van der Waals surface area contributed by atoms with Crippen LogP contribution in [0, 0.1) is 0 Å². The highest BCUT2D eigenvalue weighted by atomic mass is 79.9. The van der Waals surface area contributed by atoms with Crippen LogP contribution in [-0.2, 0) is 19.4 Å². The molecule has 1 heterocycles. The number of fused-ring (bicyclic) bond motifs is 1. The van der Waals surface area contributed by atoms with E-state index in [4.69, 9.17) is 5.11 Å². The minimum Gasteiger partial charge on any atom is -0.390 e. The number of aromatic nitrogens is 1. The van der Waals surface area contributed by atoms with Gasteiger partial charge in [-0.1, -0.05) is 15.9 Å². The van der Waals surface area contributed by atoms with Crippen LogP contribution in [0.5, 0.6) is 0 Å². The van der Waals surface area contributed by atoms with Crippen LogP contribution < -0.4 is 0 Å². The van der Waals surface area contributed by atoms with Crippen molar-refractivity contribution < 1.29 is 5.11 Å². The molecule has 0 amide bonds. The molecule has 1 N–H and O–H groups in total. The molecule has 1 aromatic heterocycles. The van der Waals surface area contributed by atoms with Gasteiger partial charge >= 0.3 is 0 Å². The number of aryl methyl sites for hydroxylation is 1. The highest BCUT2D eigenvalue weighted by Gasteiger charge is 2.14. The van der Waals surface area contributed by atoms with Crippen molar-refractivity contribution in [3.8, 4) is 0 Å². The molecule has 0 aliphatic heterocycles. The number of pyridine rings is 1. The number of aliphatic hydroxyl groups is 1. The maximum atomic E-state index is 8.98. The lowest BCUT2D eigenvalue weighted by Crippen LogP contribution is -2.08. The summed E-state index contributed by atoms with van der Waals surface area (Å²) in [5.41, 5.74) is 3.28. The fraction of sp³-hybridized carbons (Fsp3) is 0.500. The molecule has 0 fully saturated rings. The Kier molecular flexibility index (Phi) is 2.65. The van der Waals surface area contributed by atoms with E-state index in [-0.39, 0.29) is 6.61 Å². The van der Waals surface area contributed by atoms with E-state index in [2.05, 4.69) is 20.9 Å². The highest BCUT2D eigenvalue weighted by molar-refractivity contribution is 9.10. The fourth-order valence-corrected chi connectivity index (χ4v) is 2.48. The molecule has 3 heteroatoms. The van der Waals surface area contributed by atoms with E-state index in [1.807, 2.05) is 6.07 Å². The molecular weight excluding hydrogens is 230 g/mol. The van der Waals surface area contributed by atoms with Gasteiger partial charge in [-0.25, -0.2) is 0 Å². The van der Waals surface area contributed by atoms with E-state index in [9.17, 15) is 0 Å². The molecule has 1 aliphatic carbocycles.